The Labute approximate surface area is 108 Å². The summed E-state index contributed by atoms with van der Waals surface area (Å²) in [4.78, 5) is 18.3. The van der Waals surface area contributed by atoms with Crippen LogP contribution in [0.5, 0.6) is 0 Å². The predicted octanol–water partition coefficient (Wildman–Crippen LogP) is 2.54. The van der Waals surface area contributed by atoms with Gasteiger partial charge >= 0.3 is 5.69 Å². The van der Waals surface area contributed by atoms with Crippen LogP contribution in [0.15, 0.2) is 24.5 Å². The number of nitro groups is 1. The lowest BCUT2D eigenvalue weighted by Crippen LogP contribution is -2.04. The molecule has 1 aromatic heterocycles. The molecule has 0 amide bonds. The van der Waals surface area contributed by atoms with Crippen LogP contribution in [0, 0.1) is 22.9 Å². The number of halogens is 1. The minimum atomic E-state index is -0.578. The second-order valence-electron chi connectivity index (χ2n) is 3.84. The van der Waals surface area contributed by atoms with Crippen molar-refractivity contribution < 1.29 is 9.31 Å². The van der Waals surface area contributed by atoms with Gasteiger partial charge in [-0.2, -0.15) is 0 Å². The van der Waals surface area contributed by atoms with Crippen molar-refractivity contribution in [2.45, 2.75) is 6.92 Å². The average molecular weight is 262 g/mol. The summed E-state index contributed by atoms with van der Waals surface area (Å²) in [7, 11) is 1.53. The van der Waals surface area contributed by atoms with Crippen LogP contribution >= 0.6 is 0 Å². The molecule has 0 saturated heterocycles. The van der Waals surface area contributed by atoms with E-state index >= 15 is 0 Å². The minimum absolute atomic E-state index is 0.0960. The highest BCUT2D eigenvalue weighted by molar-refractivity contribution is 5.78. The molecule has 7 heteroatoms. The lowest BCUT2D eigenvalue weighted by atomic mass is 10.0. The standard InChI is InChI=1S/C12H11FN4O2/c1-7-8(4-3-5-9(7)13)10-11(17(18)19)12(14-2)16-6-15-10/h3-6H,1-2H3,(H,14,15,16). The van der Waals surface area contributed by atoms with Crippen LogP contribution < -0.4 is 5.32 Å². The number of aromatic nitrogens is 2. The van der Waals surface area contributed by atoms with E-state index in [0.717, 1.165) is 0 Å². The van der Waals surface area contributed by atoms with Crippen LogP contribution in [-0.4, -0.2) is 21.9 Å². The Balaban J connectivity index is 2.75. The fraction of sp³-hybridized carbons (Fsp3) is 0.167. The summed E-state index contributed by atoms with van der Waals surface area (Å²) in [6.45, 7) is 1.55. The summed E-state index contributed by atoms with van der Waals surface area (Å²) in [5.74, 6) is -0.338. The van der Waals surface area contributed by atoms with E-state index in [1.54, 1.807) is 13.0 Å². The molecule has 0 aliphatic heterocycles. The minimum Gasteiger partial charge on any atom is -0.367 e. The Hall–Kier alpha value is -2.57. The van der Waals surface area contributed by atoms with Crippen LogP contribution in [0.3, 0.4) is 0 Å². The first kappa shape index (κ1) is 12.9. The molecule has 98 valence electrons. The SMILES string of the molecule is CNc1ncnc(-c2cccc(F)c2C)c1[N+](=O)[O-]. The highest BCUT2D eigenvalue weighted by Crippen LogP contribution is 2.34. The van der Waals surface area contributed by atoms with E-state index in [-0.39, 0.29) is 17.2 Å². The van der Waals surface area contributed by atoms with Crippen molar-refractivity contribution in [2.75, 3.05) is 12.4 Å². The zero-order valence-electron chi connectivity index (χ0n) is 10.3. The van der Waals surface area contributed by atoms with Gasteiger partial charge in [-0.05, 0) is 18.6 Å². The van der Waals surface area contributed by atoms with Crippen LogP contribution in [0.1, 0.15) is 5.56 Å². The fourth-order valence-corrected chi connectivity index (χ4v) is 1.80. The van der Waals surface area contributed by atoms with E-state index < -0.39 is 10.7 Å². The van der Waals surface area contributed by atoms with Crippen LogP contribution in [0.4, 0.5) is 15.9 Å². The van der Waals surface area contributed by atoms with Crippen molar-refractivity contribution in [1.82, 2.24) is 9.97 Å². The Morgan fingerprint density at radius 2 is 2.11 bits per heavy atom. The molecule has 0 fully saturated rings. The fourth-order valence-electron chi connectivity index (χ4n) is 1.80. The number of hydrogen-bond donors (Lipinski definition) is 1. The zero-order chi connectivity index (χ0) is 14.0. The number of rotatable bonds is 3. The van der Waals surface area contributed by atoms with Gasteiger partial charge in [0, 0.05) is 12.6 Å². The van der Waals surface area contributed by atoms with Gasteiger partial charge in [0.2, 0.25) is 5.82 Å². The summed E-state index contributed by atoms with van der Waals surface area (Å²) in [6.07, 6.45) is 1.21. The maximum absolute atomic E-state index is 13.6. The largest absolute Gasteiger partial charge is 0.367 e. The van der Waals surface area contributed by atoms with Gasteiger partial charge in [-0.15, -0.1) is 0 Å². The van der Waals surface area contributed by atoms with E-state index in [4.69, 9.17) is 0 Å². The summed E-state index contributed by atoms with van der Waals surface area (Å²) in [5.41, 5.74) is 0.525. The third kappa shape index (κ3) is 2.22. The maximum Gasteiger partial charge on any atom is 0.337 e. The van der Waals surface area contributed by atoms with Crippen molar-refractivity contribution in [3.8, 4) is 11.3 Å². The number of anilines is 1. The molecular formula is C12H11FN4O2. The van der Waals surface area contributed by atoms with Gasteiger partial charge in [0.15, 0.2) is 5.69 Å². The molecule has 0 bridgehead atoms. The van der Waals surface area contributed by atoms with Gasteiger partial charge in [-0.1, -0.05) is 12.1 Å². The van der Waals surface area contributed by atoms with Crippen molar-refractivity contribution in [2.24, 2.45) is 0 Å². The number of nitrogens with zero attached hydrogens (tertiary/aromatic N) is 3. The van der Waals surface area contributed by atoms with Gasteiger partial charge in [-0.3, -0.25) is 10.1 Å². The van der Waals surface area contributed by atoms with Crippen molar-refractivity contribution >= 4 is 11.5 Å². The summed E-state index contributed by atoms with van der Waals surface area (Å²) >= 11 is 0. The third-order valence-electron chi connectivity index (χ3n) is 2.76. The molecule has 0 saturated carbocycles. The Kier molecular flexibility index (Phi) is 3.37. The highest BCUT2D eigenvalue weighted by atomic mass is 19.1. The number of hydrogen-bond acceptors (Lipinski definition) is 5. The molecule has 0 radical (unpaired) electrons. The van der Waals surface area contributed by atoms with E-state index in [1.165, 1.54) is 25.5 Å². The highest BCUT2D eigenvalue weighted by Gasteiger charge is 2.24. The van der Waals surface area contributed by atoms with Crippen molar-refractivity contribution in [1.29, 1.82) is 0 Å². The molecule has 0 spiro atoms. The molecule has 1 aromatic carbocycles. The average Bonchev–Trinajstić information content (AvgIpc) is 2.40. The van der Waals surface area contributed by atoms with Crippen molar-refractivity contribution in [3.63, 3.8) is 0 Å². The molecule has 6 nitrogen and oxygen atoms in total. The third-order valence-corrected chi connectivity index (χ3v) is 2.76. The zero-order valence-corrected chi connectivity index (χ0v) is 10.3. The van der Waals surface area contributed by atoms with Gasteiger partial charge in [-0.25, -0.2) is 14.4 Å². The Bertz CT molecular complexity index is 646. The normalized spacial score (nSPS) is 10.3. The number of benzene rings is 1. The predicted molar refractivity (Wildman–Crippen MR) is 68.4 cm³/mol. The summed E-state index contributed by atoms with van der Waals surface area (Å²) in [6, 6.07) is 4.38. The molecule has 0 unspecified atom stereocenters. The van der Waals surface area contributed by atoms with E-state index in [0.29, 0.717) is 11.1 Å². The number of nitrogens with one attached hydrogen (secondary N) is 1. The topological polar surface area (TPSA) is 81.0 Å². The molecule has 1 heterocycles. The smallest absolute Gasteiger partial charge is 0.337 e. The molecule has 0 atom stereocenters. The van der Waals surface area contributed by atoms with Gasteiger partial charge in [0.05, 0.1) is 4.92 Å². The first-order valence-corrected chi connectivity index (χ1v) is 5.49. The monoisotopic (exact) mass is 262 g/mol. The molecular weight excluding hydrogens is 251 g/mol. The van der Waals surface area contributed by atoms with Crippen LogP contribution in [0.25, 0.3) is 11.3 Å². The second kappa shape index (κ2) is 4.97. The van der Waals surface area contributed by atoms with Gasteiger partial charge in [0.25, 0.3) is 0 Å². The van der Waals surface area contributed by atoms with Crippen LogP contribution in [-0.2, 0) is 0 Å². The molecule has 2 aromatic rings. The molecule has 0 aliphatic carbocycles. The molecule has 1 N–H and O–H groups in total. The van der Waals surface area contributed by atoms with Gasteiger partial charge in [0.1, 0.15) is 12.1 Å². The second-order valence-corrected chi connectivity index (χ2v) is 3.84. The Morgan fingerprint density at radius 3 is 2.74 bits per heavy atom. The lowest BCUT2D eigenvalue weighted by molar-refractivity contribution is -0.383. The lowest BCUT2D eigenvalue weighted by Gasteiger charge is -2.08. The van der Waals surface area contributed by atoms with E-state index in [9.17, 15) is 14.5 Å². The van der Waals surface area contributed by atoms with Crippen LogP contribution in [0.2, 0.25) is 0 Å². The first-order valence-electron chi connectivity index (χ1n) is 5.49. The van der Waals surface area contributed by atoms with E-state index in [2.05, 4.69) is 15.3 Å². The first-order chi connectivity index (χ1) is 9.06. The summed E-state index contributed by atoms with van der Waals surface area (Å²) in [5, 5.41) is 13.8. The van der Waals surface area contributed by atoms with E-state index in [1.807, 2.05) is 0 Å². The Morgan fingerprint density at radius 1 is 1.37 bits per heavy atom. The quantitative estimate of drug-likeness (QED) is 0.679. The van der Waals surface area contributed by atoms with Crippen molar-refractivity contribution in [3.05, 3.63) is 46.0 Å². The molecule has 2 rings (SSSR count). The maximum atomic E-state index is 13.6. The van der Waals surface area contributed by atoms with Gasteiger partial charge < -0.3 is 5.32 Å². The molecule has 0 aliphatic rings. The molecule has 19 heavy (non-hydrogen) atoms. The summed E-state index contributed by atoms with van der Waals surface area (Å²) < 4.78 is 13.6.